The number of carboxylic acids is 1. The van der Waals surface area contributed by atoms with Crippen LogP contribution in [0.5, 0.6) is 0 Å². The van der Waals surface area contributed by atoms with Gasteiger partial charge in [0.1, 0.15) is 0 Å². The smallest absolute Gasteiger partial charge is 0.307 e. The summed E-state index contributed by atoms with van der Waals surface area (Å²) in [6.45, 7) is 6.28. The number of rotatable bonds is 5. The molecule has 20 heavy (non-hydrogen) atoms. The van der Waals surface area contributed by atoms with Crippen molar-refractivity contribution in [2.75, 3.05) is 6.54 Å². The van der Waals surface area contributed by atoms with Crippen molar-refractivity contribution < 1.29 is 19.8 Å². The lowest BCUT2D eigenvalue weighted by molar-refractivity contribution is -0.149. The predicted octanol–water partition coefficient (Wildman–Crippen LogP) is 1.79. The highest BCUT2D eigenvalue weighted by Gasteiger charge is 2.35. The van der Waals surface area contributed by atoms with Gasteiger partial charge >= 0.3 is 5.97 Å². The number of nitrogens with one attached hydrogen (secondary N) is 1. The van der Waals surface area contributed by atoms with Crippen molar-refractivity contribution in [2.24, 2.45) is 17.3 Å². The van der Waals surface area contributed by atoms with E-state index in [1.165, 1.54) is 0 Å². The molecule has 0 aromatic heterocycles. The summed E-state index contributed by atoms with van der Waals surface area (Å²) < 4.78 is 0. The van der Waals surface area contributed by atoms with Crippen LogP contribution in [0.1, 0.15) is 52.9 Å². The molecule has 3 unspecified atom stereocenters. The van der Waals surface area contributed by atoms with Gasteiger partial charge in [0.2, 0.25) is 5.91 Å². The van der Waals surface area contributed by atoms with E-state index in [4.69, 9.17) is 5.11 Å². The van der Waals surface area contributed by atoms with Gasteiger partial charge in [-0.05, 0) is 24.7 Å². The number of carbonyl (C=O) groups is 2. The van der Waals surface area contributed by atoms with Gasteiger partial charge in [-0.25, -0.2) is 0 Å². The highest BCUT2D eigenvalue weighted by atomic mass is 16.4. The van der Waals surface area contributed by atoms with Gasteiger partial charge in [-0.2, -0.15) is 0 Å². The standard InChI is InChI=1S/C15H27NO4/c1-15(2,3)8-10(17)9-16-13(18)11-6-4-5-7-12(11)14(19)20/h10-12,17H,4-9H2,1-3H3,(H,16,18)(H,19,20). The lowest BCUT2D eigenvalue weighted by Gasteiger charge is -2.28. The number of aliphatic carboxylic acids is 1. The van der Waals surface area contributed by atoms with E-state index in [-0.39, 0.29) is 17.9 Å². The fourth-order valence-corrected chi connectivity index (χ4v) is 2.87. The second kappa shape index (κ2) is 7.07. The Balaban J connectivity index is 2.46. The molecule has 1 aliphatic rings. The van der Waals surface area contributed by atoms with Crippen LogP contribution >= 0.6 is 0 Å². The third kappa shape index (κ3) is 5.49. The molecule has 3 atom stereocenters. The number of carboxylic acid groups (broad SMARTS) is 1. The first kappa shape index (κ1) is 17.0. The largest absolute Gasteiger partial charge is 0.481 e. The molecule has 0 heterocycles. The highest BCUT2D eigenvalue weighted by Crippen LogP contribution is 2.30. The van der Waals surface area contributed by atoms with E-state index in [2.05, 4.69) is 5.32 Å². The van der Waals surface area contributed by atoms with Gasteiger partial charge in [0.25, 0.3) is 0 Å². The Labute approximate surface area is 120 Å². The van der Waals surface area contributed by atoms with Crippen LogP contribution in [-0.4, -0.2) is 34.7 Å². The first-order chi connectivity index (χ1) is 9.20. The van der Waals surface area contributed by atoms with Crippen molar-refractivity contribution in [3.05, 3.63) is 0 Å². The third-order valence-electron chi connectivity index (χ3n) is 3.78. The Kier molecular flexibility index (Phi) is 5.99. The Morgan fingerprint density at radius 2 is 1.75 bits per heavy atom. The minimum absolute atomic E-state index is 0.00141. The van der Waals surface area contributed by atoms with E-state index in [9.17, 15) is 14.7 Å². The summed E-state index contributed by atoms with van der Waals surface area (Å²) in [5, 5.41) is 21.7. The molecule has 0 aromatic rings. The SMILES string of the molecule is CC(C)(C)CC(O)CNC(=O)C1CCCCC1C(=O)O. The van der Waals surface area contributed by atoms with Gasteiger partial charge in [0.05, 0.1) is 17.9 Å². The van der Waals surface area contributed by atoms with Crippen LogP contribution < -0.4 is 5.32 Å². The van der Waals surface area contributed by atoms with Gasteiger partial charge in [0, 0.05) is 6.54 Å². The minimum atomic E-state index is -0.889. The molecule has 5 heteroatoms. The Morgan fingerprint density at radius 3 is 2.25 bits per heavy atom. The van der Waals surface area contributed by atoms with Gasteiger partial charge < -0.3 is 15.5 Å². The summed E-state index contributed by atoms with van der Waals surface area (Å²) in [5.74, 6) is -2.16. The monoisotopic (exact) mass is 285 g/mol. The highest BCUT2D eigenvalue weighted by molar-refractivity contribution is 5.84. The average Bonchev–Trinajstić information content (AvgIpc) is 2.33. The summed E-state index contributed by atoms with van der Waals surface area (Å²) >= 11 is 0. The van der Waals surface area contributed by atoms with Crippen molar-refractivity contribution in [3.63, 3.8) is 0 Å². The molecular formula is C15H27NO4. The van der Waals surface area contributed by atoms with Gasteiger partial charge in [-0.15, -0.1) is 0 Å². The van der Waals surface area contributed by atoms with E-state index in [0.29, 0.717) is 19.3 Å². The molecule has 0 bridgehead atoms. The van der Waals surface area contributed by atoms with E-state index in [0.717, 1.165) is 12.8 Å². The van der Waals surface area contributed by atoms with E-state index >= 15 is 0 Å². The predicted molar refractivity (Wildman–Crippen MR) is 76.2 cm³/mol. The minimum Gasteiger partial charge on any atom is -0.481 e. The molecule has 1 fully saturated rings. The van der Waals surface area contributed by atoms with Crippen LogP contribution in [0.2, 0.25) is 0 Å². The fraction of sp³-hybridized carbons (Fsp3) is 0.867. The molecule has 1 rings (SSSR count). The fourth-order valence-electron chi connectivity index (χ4n) is 2.87. The molecule has 1 saturated carbocycles. The van der Waals surface area contributed by atoms with Crippen molar-refractivity contribution in [1.29, 1.82) is 0 Å². The molecule has 116 valence electrons. The number of carbonyl (C=O) groups excluding carboxylic acids is 1. The summed E-state index contributed by atoms with van der Waals surface area (Å²) in [6, 6.07) is 0. The maximum absolute atomic E-state index is 12.1. The van der Waals surface area contributed by atoms with Gasteiger partial charge in [-0.1, -0.05) is 33.6 Å². The Bertz CT molecular complexity index is 348. The van der Waals surface area contributed by atoms with Crippen molar-refractivity contribution in [3.8, 4) is 0 Å². The first-order valence-electron chi connectivity index (χ1n) is 7.39. The summed E-state index contributed by atoms with van der Waals surface area (Å²) in [4.78, 5) is 23.3. The number of amides is 1. The van der Waals surface area contributed by atoms with Crippen LogP contribution in [-0.2, 0) is 9.59 Å². The summed E-state index contributed by atoms with van der Waals surface area (Å²) in [5.41, 5.74) is -0.00141. The number of aliphatic hydroxyl groups is 1. The number of hydrogen-bond acceptors (Lipinski definition) is 3. The average molecular weight is 285 g/mol. The normalized spacial score (nSPS) is 25.0. The Hall–Kier alpha value is -1.10. The summed E-state index contributed by atoms with van der Waals surface area (Å²) in [6.07, 6.45) is 2.96. The van der Waals surface area contributed by atoms with Crippen LogP contribution in [0.15, 0.2) is 0 Å². The molecule has 0 radical (unpaired) electrons. The molecule has 0 saturated heterocycles. The topological polar surface area (TPSA) is 86.6 Å². The number of aliphatic hydroxyl groups excluding tert-OH is 1. The van der Waals surface area contributed by atoms with E-state index < -0.39 is 23.9 Å². The second-order valence-corrected chi connectivity index (χ2v) is 7.00. The Morgan fingerprint density at radius 1 is 1.20 bits per heavy atom. The van der Waals surface area contributed by atoms with Crippen LogP contribution in [0.4, 0.5) is 0 Å². The molecule has 0 aromatic carbocycles. The zero-order valence-corrected chi connectivity index (χ0v) is 12.7. The molecule has 1 amide bonds. The van der Waals surface area contributed by atoms with Gasteiger partial charge in [-0.3, -0.25) is 9.59 Å². The maximum atomic E-state index is 12.1. The molecule has 5 nitrogen and oxygen atoms in total. The molecule has 3 N–H and O–H groups in total. The van der Waals surface area contributed by atoms with E-state index in [1.807, 2.05) is 20.8 Å². The zero-order valence-electron chi connectivity index (χ0n) is 12.7. The van der Waals surface area contributed by atoms with E-state index in [1.54, 1.807) is 0 Å². The quantitative estimate of drug-likeness (QED) is 0.718. The molecule has 0 spiro atoms. The first-order valence-corrected chi connectivity index (χ1v) is 7.39. The maximum Gasteiger partial charge on any atom is 0.307 e. The van der Waals surface area contributed by atoms with Gasteiger partial charge in [0.15, 0.2) is 0 Å². The molecule has 1 aliphatic carbocycles. The lowest BCUT2D eigenvalue weighted by Crippen LogP contribution is -2.42. The van der Waals surface area contributed by atoms with Crippen LogP contribution in [0, 0.1) is 17.3 Å². The lowest BCUT2D eigenvalue weighted by atomic mass is 9.78. The van der Waals surface area contributed by atoms with Crippen molar-refractivity contribution in [1.82, 2.24) is 5.32 Å². The van der Waals surface area contributed by atoms with Crippen LogP contribution in [0.25, 0.3) is 0 Å². The van der Waals surface area contributed by atoms with Crippen molar-refractivity contribution >= 4 is 11.9 Å². The van der Waals surface area contributed by atoms with Crippen molar-refractivity contribution in [2.45, 2.75) is 59.0 Å². The molecule has 0 aliphatic heterocycles. The molecular weight excluding hydrogens is 258 g/mol. The van der Waals surface area contributed by atoms with Crippen LogP contribution in [0.3, 0.4) is 0 Å². The zero-order chi connectivity index (χ0) is 15.3. The third-order valence-corrected chi connectivity index (χ3v) is 3.78. The second-order valence-electron chi connectivity index (χ2n) is 7.00. The summed E-state index contributed by atoms with van der Waals surface area (Å²) in [7, 11) is 0. The number of hydrogen-bond donors (Lipinski definition) is 3.